The van der Waals surface area contributed by atoms with Gasteiger partial charge >= 0.3 is 0 Å². The van der Waals surface area contributed by atoms with Crippen molar-refractivity contribution < 1.29 is 0 Å². The van der Waals surface area contributed by atoms with Crippen LogP contribution in [0.15, 0.2) is 14.3 Å². The van der Waals surface area contributed by atoms with Crippen LogP contribution in [-0.4, -0.2) is 6.04 Å². The van der Waals surface area contributed by atoms with E-state index >= 15 is 0 Å². The van der Waals surface area contributed by atoms with Crippen molar-refractivity contribution in [3.63, 3.8) is 0 Å². The molecule has 0 aliphatic heterocycles. The van der Waals surface area contributed by atoms with Gasteiger partial charge in [-0.05, 0) is 50.8 Å². The van der Waals surface area contributed by atoms with Gasteiger partial charge in [-0.3, -0.25) is 0 Å². The smallest absolute Gasteiger partial charge is 0.0843 e. The highest BCUT2D eigenvalue weighted by Gasteiger charge is 2.07. The predicted octanol–water partition coefficient (Wildman–Crippen LogP) is 4.94. The van der Waals surface area contributed by atoms with Gasteiger partial charge in [0.15, 0.2) is 0 Å². The molecular formula is C11H17Br2NS. The van der Waals surface area contributed by atoms with E-state index in [1.807, 2.05) is 0 Å². The van der Waals surface area contributed by atoms with E-state index in [9.17, 15) is 0 Å². The quantitative estimate of drug-likeness (QED) is 0.762. The van der Waals surface area contributed by atoms with Crippen molar-refractivity contribution in [2.24, 2.45) is 0 Å². The lowest BCUT2D eigenvalue weighted by molar-refractivity contribution is 0.464. The van der Waals surface area contributed by atoms with Crippen LogP contribution in [0.2, 0.25) is 0 Å². The van der Waals surface area contributed by atoms with Gasteiger partial charge in [0.2, 0.25) is 0 Å². The van der Waals surface area contributed by atoms with Gasteiger partial charge in [-0.2, -0.15) is 0 Å². The van der Waals surface area contributed by atoms with Crippen molar-refractivity contribution in [1.29, 1.82) is 0 Å². The zero-order chi connectivity index (χ0) is 11.3. The molecule has 15 heavy (non-hydrogen) atoms. The van der Waals surface area contributed by atoms with Crippen LogP contribution in [0, 0.1) is 0 Å². The van der Waals surface area contributed by atoms with E-state index in [0.717, 1.165) is 11.0 Å². The molecular weight excluding hydrogens is 338 g/mol. The molecule has 86 valence electrons. The van der Waals surface area contributed by atoms with Crippen LogP contribution in [0.3, 0.4) is 0 Å². The van der Waals surface area contributed by atoms with Crippen molar-refractivity contribution >= 4 is 43.2 Å². The maximum Gasteiger partial charge on any atom is 0.0843 e. The van der Waals surface area contributed by atoms with Crippen LogP contribution in [0.1, 0.15) is 38.0 Å². The first-order valence-electron chi connectivity index (χ1n) is 5.34. The van der Waals surface area contributed by atoms with Crippen LogP contribution in [-0.2, 0) is 6.54 Å². The fraction of sp³-hybridized carbons (Fsp3) is 0.636. The summed E-state index contributed by atoms with van der Waals surface area (Å²) in [4.78, 5) is 1.38. The highest BCUT2D eigenvalue weighted by Crippen LogP contribution is 2.32. The van der Waals surface area contributed by atoms with Gasteiger partial charge < -0.3 is 5.32 Å². The monoisotopic (exact) mass is 353 g/mol. The van der Waals surface area contributed by atoms with E-state index < -0.39 is 0 Å². The Balaban J connectivity index is 2.41. The summed E-state index contributed by atoms with van der Waals surface area (Å²) in [6, 6.07) is 2.84. The summed E-state index contributed by atoms with van der Waals surface area (Å²) >= 11 is 8.81. The number of rotatable bonds is 6. The summed E-state index contributed by atoms with van der Waals surface area (Å²) in [5.74, 6) is 0. The highest BCUT2D eigenvalue weighted by atomic mass is 79.9. The summed E-state index contributed by atoms with van der Waals surface area (Å²) in [6.07, 6.45) is 3.73. The number of nitrogens with one attached hydrogen (secondary N) is 1. The van der Waals surface area contributed by atoms with Gasteiger partial charge in [0.25, 0.3) is 0 Å². The maximum atomic E-state index is 3.60. The lowest BCUT2D eigenvalue weighted by atomic mass is 10.1. The van der Waals surface area contributed by atoms with E-state index in [2.05, 4.69) is 57.1 Å². The predicted molar refractivity (Wildman–Crippen MR) is 75.5 cm³/mol. The molecule has 0 fully saturated rings. The molecule has 0 aromatic carbocycles. The van der Waals surface area contributed by atoms with Gasteiger partial charge in [0.1, 0.15) is 0 Å². The molecule has 0 saturated carbocycles. The largest absolute Gasteiger partial charge is 0.309 e. The molecule has 1 aromatic rings. The Morgan fingerprint density at radius 1 is 1.40 bits per heavy atom. The Hall–Kier alpha value is 0.620. The molecule has 0 amide bonds. The molecule has 0 bridgehead atoms. The second kappa shape index (κ2) is 7.05. The third kappa shape index (κ3) is 4.55. The fourth-order valence-electron chi connectivity index (χ4n) is 1.52. The van der Waals surface area contributed by atoms with E-state index in [4.69, 9.17) is 0 Å². The molecule has 0 aliphatic rings. The summed E-state index contributed by atoms with van der Waals surface area (Å²) in [7, 11) is 0. The third-order valence-corrected chi connectivity index (χ3v) is 5.65. The first-order valence-corrected chi connectivity index (χ1v) is 7.74. The number of thiophene rings is 1. The topological polar surface area (TPSA) is 12.0 Å². The SMILES string of the molecule is CCCC(CC)NCc1cc(Br)c(Br)s1. The molecule has 1 heterocycles. The Morgan fingerprint density at radius 3 is 2.60 bits per heavy atom. The zero-order valence-electron chi connectivity index (χ0n) is 9.15. The van der Waals surface area contributed by atoms with Crippen LogP contribution in [0.5, 0.6) is 0 Å². The second-order valence-electron chi connectivity index (χ2n) is 3.61. The van der Waals surface area contributed by atoms with Crippen molar-refractivity contribution in [3.05, 3.63) is 19.2 Å². The first kappa shape index (κ1) is 13.7. The lowest BCUT2D eigenvalue weighted by Gasteiger charge is -2.14. The van der Waals surface area contributed by atoms with Gasteiger partial charge in [-0.1, -0.05) is 20.3 Å². The fourth-order valence-corrected chi connectivity index (χ4v) is 3.65. The van der Waals surface area contributed by atoms with Crippen molar-refractivity contribution in [1.82, 2.24) is 5.32 Å². The standard InChI is InChI=1S/C11H17Br2NS/c1-3-5-8(4-2)14-7-9-6-10(12)11(13)15-9/h6,8,14H,3-5,7H2,1-2H3. The first-order chi connectivity index (χ1) is 7.17. The van der Waals surface area contributed by atoms with Crippen LogP contribution in [0.4, 0.5) is 0 Å². The zero-order valence-corrected chi connectivity index (χ0v) is 13.1. The highest BCUT2D eigenvalue weighted by molar-refractivity contribution is 9.13. The number of halogens is 2. The van der Waals surface area contributed by atoms with Gasteiger partial charge in [0.05, 0.1) is 3.79 Å². The van der Waals surface area contributed by atoms with E-state index in [-0.39, 0.29) is 0 Å². The lowest BCUT2D eigenvalue weighted by Crippen LogP contribution is -2.27. The van der Waals surface area contributed by atoms with Crippen molar-refractivity contribution in [2.45, 2.75) is 45.7 Å². The van der Waals surface area contributed by atoms with E-state index in [0.29, 0.717) is 6.04 Å². The summed E-state index contributed by atoms with van der Waals surface area (Å²) < 4.78 is 2.34. The van der Waals surface area contributed by atoms with Crippen LogP contribution < -0.4 is 5.32 Å². The van der Waals surface area contributed by atoms with E-state index in [1.54, 1.807) is 11.3 Å². The van der Waals surface area contributed by atoms with Gasteiger partial charge in [-0.25, -0.2) is 0 Å². The minimum absolute atomic E-state index is 0.662. The molecule has 1 atom stereocenters. The molecule has 1 aromatic heterocycles. The summed E-state index contributed by atoms with van der Waals surface area (Å²) in [5.41, 5.74) is 0. The average Bonchev–Trinajstić information content (AvgIpc) is 2.53. The Bertz CT molecular complexity index is 279. The molecule has 1 N–H and O–H groups in total. The molecule has 1 nitrogen and oxygen atoms in total. The molecule has 0 radical (unpaired) electrons. The Labute approximate surface area is 113 Å². The average molecular weight is 355 g/mol. The number of hydrogen-bond acceptors (Lipinski definition) is 2. The molecule has 1 unspecified atom stereocenters. The number of hydrogen-bond donors (Lipinski definition) is 1. The second-order valence-corrected chi connectivity index (χ2v) is 6.92. The van der Waals surface area contributed by atoms with Crippen LogP contribution >= 0.6 is 43.2 Å². The minimum atomic E-state index is 0.662. The summed E-state index contributed by atoms with van der Waals surface area (Å²) in [6.45, 7) is 5.46. The Morgan fingerprint density at radius 2 is 2.13 bits per heavy atom. The molecule has 4 heteroatoms. The molecule has 0 saturated heterocycles. The van der Waals surface area contributed by atoms with Crippen molar-refractivity contribution in [2.75, 3.05) is 0 Å². The van der Waals surface area contributed by atoms with Gasteiger partial charge in [0, 0.05) is 21.9 Å². The maximum absolute atomic E-state index is 3.60. The normalized spacial score (nSPS) is 13.1. The summed E-state index contributed by atoms with van der Waals surface area (Å²) in [5, 5.41) is 3.60. The Kier molecular flexibility index (Phi) is 6.43. The molecule has 0 spiro atoms. The van der Waals surface area contributed by atoms with Gasteiger partial charge in [-0.15, -0.1) is 11.3 Å². The molecule has 1 rings (SSSR count). The molecule has 0 aliphatic carbocycles. The minimum Gasteiger partial charge on any atom is -0.309 e. The van der Waals surface area contributed by atoms with E-state index in [1.165, 1.54) is 27.9 Å². The van der Waals surface area contributed by atoms with Crippen LogP contribution in [0.25, 0.3) is 0 Å². The third-order valence-electron chi connectivity index (χ3n) is 2.39. The van der Waals surface area contributed by atoms with Crippen molar-refractivity contribution in [3.8, 4) is 0 Å².